The molecule has 2 aromatic carbocycles. The second kappa shape index (κ2) is 8.55. The van der Waals surface area contributed by atoms with Gasteiger partial charge in [0.1, 0.15) is 16.4 Å². The van der Waals surface area contributed by atoms with Gasteiger partial charge in [-0.15, -0.1) is 0 Å². The molecular weight excluding hydrogens is 364 g/mol. The van der Waals surface area contributed by atoms with Gasteiger partial charge in [0.25, 0.3) is 5.91 Å². The van der Waals surface area contributed by atoms with Crippen molar-refractivity contribution < 1.29 is 14.3 Å². The first-order valence-electron chi connectivity index (χ1n) is 8.34. The zero-order chi connectivity index (χ0) is 19.2. The molecule has 1 amide bonds. The maximum absolute atomic E-state index is 12.4. The van der Waals surface area contributed by atoms with E-state index in [0.717, 1.165) is 28.2 Å². The molecule has 0 atom stereocenters. The van der Waals surface area contributed by atoms with Crippen LogP contribution < -0.4 is 19.7 Å². The van der Waals surface area contributed by atoms with Crippen molar-refractivity contribution in [3.63, 3.8) is 0 Å². The fourth-order valence-electron chi connectivity index (χ4n) is 2.62. The van der Waals surface area contributed by atoms with Gasteiger partial charge in [-0.05, 0) is 23.8 Å². The van der Waals surface area contributed by atoms with Gasteiger partial charge in [0.15, 0.2) is 0 Å². The van der Waals surface area contributed by atoms with Gasteiger partial charge >= 0.3 is 4.87 Å². The number of carbonyl (C=O) groups is 1. The topological polar surface area (TPSA) is 69.6 Å². The highest BCUT2D eigenvalue weighted by atomic mass is 32.1. The van der Waals surface area contributed by atoms with Crippen LogP contribution in [-0.4, -0.2) is 24.7 Å². The third kappa shape index (κ3) is 4.57. The molecule has 0 radical (unpaired) electrons. The molecule has 1 heterocycles. The van der Waals surface area contributed by atoms with Crippen LogP contribution in [0, 0.1) is 0 Å². The van der Waals surface area contributed by atoms with Crippen LogP contribution in [0.25, 0.3) is 0 Å². The van der Waals surface area contributed by atoms with Crippen LogP contribution >= 0.6 is 11.3 Å². The second-order valence-electron chi connectivity index (χ2n) is 5.83. The minimum absolute atomic E-state index is 0.185. The number of hydrogen-bond acceptors (Lipinski definition) is 5. The molecule has 1 aromatic heterocycles. The molecule has 7 heteroatoms. The van der Waals surface area contributed by atoms with Crippen LogP contribution in [0.5, 0.6) is 11.5 Å². The third-order valence-electron chi connectivity index (χ3n) is 4.07. The van der Waals surface area contributed by atoms with E-state index in [-0.39, 0.29) is 10.8 Å². The normalized spacial score (nSPS) is 10.4. The molecule has 0 aliphatic rings. The standard InChI is InChI=1S/C20H20N2O4S/c1-25-16-9-7-14(8-10-16)11-21-19(23)18-13-22(20(24)27-18)12-15-5-3-4-6-17(15)26-2/h3-10,13H,11-12H2,1-2H3,(H,21,23). The number of amides is 1. The number of nitrogens with one attached hydrogen (secondary N) is 1. The number of methoxy groups -OCH3 is 2. The van der Waals surface area contributed by atoms with Gasteiger partial charge in [-0.25, -0.2) is 0 Å². The summed E-state index contributed by atoms with van der Waals surface area (Å²) in [7, 11) is 3.20. The number of para-hydroxylation sites is 1. The van der Waals surface area contributed by atoms with Crippen LogP contribution in [0.1, 0.15) is 20.8 Å². The summed E-state index contributed by atoms with van der Waals surface area (Å²) in [5, 5.41) is 2.83. The Bertz CT molecular complexity index is 976. The summed E-state index contributed by atoms with van der Waals surface area (Å²) in [6.45, 7) is 0.729. The third-order valence-corrected chi connectivity index (χ3v) is 4.99. The maximum Gasteiger partial charge on any atom is 0.308 e. The van der Waals surface area contributed by atoms with E-state index in [0.29, 0.717) is 23.7 Å². The van der Waals surface area contributed by atoms with Crippen molar-refractivity contribution >= 4 is 17.2 Å². The lowest BCUT2D eigenvalue weighted by Crippen LogP contribution is -2.21. The molecule has 0 saturated heterocycles. The summed E-state index contributed by atoms with van der Waals surface area (Å²) in [5.41, 5.74) is 1.83. The Balaban J connectivity index is 1.67. The Labute approximate surface area is 161 Å². The highest BCUT2D eigenvalue weighted by molar-refractivity contribution is 7.11. The molecule has 0 aliphatic heterocycles. The van der Waals surface area contributed by atoms with Crippen molar-refractivity contribution in [2.24, 2.45) is 0 Å². The number of carbonyl (C=O) groups excluding carboxylic acids is 1. The van der Waals surface area contributed by atoms with E-state index in [1.165, 1.54) is 4.57 Å². The Hall–Kier alpha value is -3.06. The van der Waals surface area contributed by atoms with Crippen molar-refractivity contribution in [1.29, 1.82) is 0 Å². The van der Waals surface area contributed by atoms with E-state index in [4.69, 9.17) is 9.47 Å². The largest absolute Gasteiger partial charge is 0.497 e. The minimum atomic E-state index is -0.272. The number of ether oxygens (including phenoxy) is 2. The van der Waals surface area contributed by atoms with E-state index in [1.54, 1.807) is 20.4 Å². The molecule has 1 N–H and O–H groups in total. The predicted octanol–water partition coefficient (Wildman–Crippen LogP) is 2.91. The highest BCUT2D eigenvalue weighted by Gasteiger charge is 2.13. The highest BCUT2D eigenvalue weighted by Crippen LogP contribution is 2.18. The fourth-order valence-corrected chi connectivity index (χ4v) is 3.39. The Morgan fingerprint density at radius 2 is 1.81 bits per heavy atom. The number of thiazole rings is 1. The van der Waals surface area contributed by atoms with Crippen molar-refractivity contribution in [2.45, 2.75) is 13.1 Å². The second-order valence-corrected chi connectivity index (χ2v) is 6.83. The monoisotopic (exact) mass is 384 g/mol. The van der Waals surface area contributed by atoms with E-state index in [1.807, 2.05) is 48.5 Å². The minimum Gasteiger partial charge on any atom is -0.497 e. The molecule has 140 valence electrons. The first-order valence-corrected chi connectivity index (χ1v) is 9.15. The molecule has 6 nitrogen and oxygen atoms in total. The summed E-state index contributed by atoms with van der Waals surface area (Å²) in [4.78, 5) is 24.8. The zero-order valence-corrected chi connectivity index (χ0v) is 15.9. The molecule has 3 aromatic rings. The smallest absolute Gasteiger partial charge is 0.308 e. The maximum atomic E-state index is 12.4. The molecule has 27 heavy (non-hydrogen) atoms. The van der Waals surface area contributed by atoms with E-state index in [2.05, 4.69) is 5.32 Å². The number of rotatable bonds is 7. The van der Waals surface area contributed by atoms with Gasteiger partial charge in [0.2, 0.25) is 0 Å². The van der Waals surface area contributed by atoms with E-state index >= 15 is 0 Å². The Kier molecular flexibility index (Phi) is 5.93. The van der Waals surface area contributed by atoms with Gasteiger partial charge in [0, 0.05) is 18.3 Å². The molecule has 0 fully saturated rings. The van der Waals surface area contributed by atoms with Crippen molar-refractivity contribution in [3.8, 4) is 11.5 Å². The molecule has 0 spiro atoms. The lowest BCUT2D eigenvalue weighted by molar-refractivity contribution is 0.0954. The average Bonchev–Trinajstić information content (AvgIpc) is 3.07. The van der Waals surface area contributed by atoms with Crippen LogP contribution in [0.3, 0.4) is 0 Å². The van der Waals surface area contributed by atoms with Gasteiger partial charge in [-0.3, -0.25) is 9.59 Å². The molecule has 3 rings (SSSR count). The van der Waals surface area contributed by atoms with Crippen molar-refractivity contribution in [2.75, 3.05) is 14.2 Å². The summed E-state index contributed by atoms with van der Waals surface area (Å²) < 4.78 is 11.9. The van der Waals surface area contributed by atoms with Crippen LogP contribution in [0.4, 0.5) is 0 Å². The van der Waals surface area contributed by atoms with E-state index in [9.17, 15) is 9.59 Å². The first-order chi connectivity index (χ1) is 13.1. The van der Waals surface area contributed by atoms with Gasteiger partial charge in [0.05, 0.1) is 20.8 Å². The summed E-state index contributed by atoms with van der Waals surface area (Å²) in [6.07, 6.45) is 1.59. The molecule has 0 bridgehead atoms. The molecule has 0 saturated carbocycles. The lowest BCUT2D eigenvalue weighted by atomic mass is 10.2. The SMILES string of the molecule is COc1ccc(CNC(=O)c2cn(Cc3ccccc3OC)c(=O)s2)cc1. The lowest BCUT2D eigenvalue weighted by Gasteiger charge is -2.08. The number of nitrogens with zero attached hydrogens (tertiary/aromatic N) is 1. The summed E-state index contributed by atoms with van der Waals surface area (Å²) >= 11 is 0.931. The van der Waals surface area contributed by atoms with Gasteiger partial charge < -0.3 is 19.4 Å². The van der Waals surface area contributed by atoms with Crippen molar-refractivity contribution in [1.82, 2.24) is 9.88 Å². The number of aromatic nitrogens is 1. The molecule has 0 unspecified atom stereocenters. The van der Waals surface area contributed by atoms with Crippen LogP contribution in [0.15, 0.2) is 59.5 Å². The summed E-state index contributed by atoms with van der Waals surface area (Å²) in [5.74, 6) is 1.20. The first kappa shape index (κ1) is 18.7. The predicted molar refractivity (Wildman–Crippen MR) is 105 cm³/mol. The number of benzene rings is 2. The zero-order valence-electron chi connectivity index (χ0n) is 15.1. The van der Waals surface area contributed by atoms with Crippen LogP contribution in [-0.2, 0) is 13.1 Å². The Morgan fingerprint density at radius 3 is 2.52 bits per heavy atom. The molecular formula is C20H20N2O4S. The quantitative estimate of drug-likeness (QED) is 0.680. The summed E-state index contributed by atoms with van der Waals surface area (Å²) in [6, 6.07) is 14.9. The fraction of sp³-hybridized carbons (Fsp3) is 0.200. The van der Waals surface area contributed by atoms with Crippen molar-refractivity contribution in [3.05, 3.63) is 80.4 Å². The van der Waals surface area contributed by atoms with Crippen LogP contribution in [0.2, 0.25) is 0 Å². The number of hydrogen-bond donors (Lipinski definition) is 1. The average molecular weight is 384 g/mol. The van der Waals surface area contributed by atoms with E-state index < -0.39 is 0 Å². The van der Waals surface area contributed by atoms with Gasteiger partial charge in [-0.2, -0.15) is 0 Å². The van der Waals surface area contributed by atoms with Gasteiger partial charge in [-0.1, -0.05) is 41.7 Å². The molecule has 0 aliphatic carbocycles. The Morgan fingerprint density at radius 1 is 1.07 bits per heavy atom.